The highest BCUT2D eigenvalue weighted by atomic mass is 32.2. The Labute approximate surface area is 143 Å². The van der Waals surface area contributed by atoms with Gasteiger partial charge in [0.05, 0.1) is 11.0 Å². The average Bonchev–Trinajstić information content (AvgIpc) is 3.01. The molecule has 2 rings (SSSR count). The van der Waals surface area contributed by atoms with Gasteiger partial charge in [0.15, 0.2) is 0 Å². The largest absolute Gasteiger partial charge is 0.324 e. The van der Waals surface area contributed by atoms with Gasteiger partial charge in [0.2, 0.25) is 15.9 Å². The number of hydrogen-bond donors (Lipinski definition) is 1. The lowest BCUT2D eigenvalue weighted by molar-refractivity contribution is -0.122. The molecular weight excluding hydrogens is 326 g/mol. The van der Waals surface area contributed by atoms with Crippen LogP contribution in [0.1, 0.15) is 36.8 Å². The van der Waals surface area contributed by atoms with Crippen LogP contribution in [0.15, 0.2) is 17.0 Å². The number of nitrogens with one attached hydrogen (secondary N) is 1. The van der Waals surface area contributed by atoms with Crippen molar-refractivity contribution in [3.8, 4) is 6.07 Å². The van der Waals surface area contributed by atoms with E-state index in [9.17, 15) is 18.5 Å². The second-order valence-corrected chi connectivity index (χ2v) is 8.71. The molecule has 1 aliphatic carbocycles. The molecular formula is C17H23N3O3S. The Hall–Kier alpha value is -1.91. The van der Waals surface area contributed by atoms with Crippen LogP contribution in [0.2, 0.25) is 0 Å². The first-order valence-electron chi connectivity index (χ1n) is 7.90. The third-order valence-electron chi connectivity index (χ3n) is 4.77. The predicted molar refractivity (Wildman–Crippen MR) is 91.9 cm³/mol. The topological polar surface area (TPSA) is 90.3 Å². The van der Waals surface area contributed by atoms with Gasteiger partial charge in [-0.1, -0.05) is 12.8 Å². The summed E-state index contributed by atoms with van der Waals surface area (Å²) in [5.41, 5.74) is 1.01. The van der Waals surface area contributed by atoms with E-state index < -0.39 is 15.4 Å². The van der Waals surface area contributed by atoms with Crippen molar-refractivity contribution in [1.29, 1.82) is 5.26 Å². The second-order valence-electron chi connectivity index (χ2n) is 6.56. The molecule has 0 radical (unpaired) electrons. The van der Waals surface area contributed by atoms with Crippen LogP contribution in [-0.4, -0.2) is 32.7 Å². The summed E-state index contributed by atoms with van der Waals surface area (Å²) in [6.45, 7) is 3.63. The third kappa shape index (κ3) is 3.17. The Balaban J connectivity index is 2.43. The van der Waals surface area contributed by atoms with Crippen molar-refractivity contribution in [2.75, 3.05) is 19.4 Å². The molecule has 0 saturated heterocycles. The molecule has 1 aromatic rings. The first-order chi connectivity index (χ1) is 11.1. The van der Waals surface area contributed by atoms with Gasteiger partial charge in [-0.05, 0) is 49.9 Å². The zero-order valence-electron chi connectivity index (χ0n) is 14.5. The zero-order chi connectivity index (χ0) is 18.1. The molecule has 7 heteroatoms. The standard InChI is InChI=1S/C17H23N3O3S/c1-12-9-14(24(22,23)20(3)4)10-15(13(12)2)19-16(21)17(11-18)7-5-6-8-17/h9-10H,5-8H2,1-4H3,(H,19,21). The number of benzene rings is 1. The number of carbonyl (C=O) groups is 1. The number of sulfonamides is 1. The number of rotatable bonds is 4. The van der Waals surface area contributed by atoms with Crippen molar-refractivity contribution in [2.45, 2.75) is 44.4 Å². The van der Waals surface area contributed by atoms with Crippen molar-refractivity contribution in [3.05, 3.63) is 23.3 Å². The van der Waals surface area contributed by atoms with Crippen molar-refractivity contribution in [3.63, 3.8) is 0 Å². The minimum Gasteiger partial charge on any atom is -0.324 e. The van der Waals surface area contributed by atoms with E-state index in [1.165, 1.54) is 20.2 Å². The summed E-state index contributed by atoms with van der Waals surface area (Å²) in [5.74, 6) is -0.343. The lowest BCUT2D eigenvalue weighted by atomic mass is 9.87. The molecule has 6 nitrogen and oxygen atoms in total. The van der Waals surface area contributed by atoms with Crippen molar-refractivity contribution in [1.82, 2.24) is 4.31 Å². The van der Waals surface area contributed by atoms with Crippen molar-refractivity contribution >= 4 is 21.6 Å². The number of anilines is 1. The molecule has 130 valence electrons. The molecule has 1 aromatic carbocycles. The molecule has 1 fully saturated rings. The van der Waals surface area contributed by atoms with Crippen LogP contribution in [0.3, 0.4) is 0 Å². The summed E-state index contributed by atoms with van der Waals surface area (Å²) in [6.07, 6.45) is 2.80. The van der Waals surface area contributed by atoms with E-state index in [0.717, 1.165) is 28.3 Å². The second kappa shape index (κ2) is 6.54. The summed E-state index contributed by atoms with van der Waals surface area (Å²) >= 11 is 0. The van der Waals surface area contributed by atoms with Crippen LogP contribution in [-0.2, 0) is 14.8 Å². The molecule has 1 saturated carbocycles. The normalized spacial score (nSPS) is 16.8. The van der Waals surface area contributed by atoms with Gasteiger partial charge in [-0.25, -0.2) is 12.7 Å². The van der Waals surface area contributed by atoms with Gasteiger partial charge in [0.1, 0.15) is 5.41 Å². The fraction of sp³-hybridized carbons (Fsp3) is 0.529. The van der Waals surface area contributed by atoms with E-state index in [4.69, 9.17) is 0 Å². The maximum absolute atomic E-state index is 12.6. The number of nitriles is 1. The lowest BCUT2D eigenvalue weighted by Crippen LogP contribution is -2.32. The molecule has 0 aromatic heterocycles. The molecule has 0 bridgehead atoms. The van der Waals surface area contributed by atoms with E-state index in [2.05, 4.69) is 11.4 Å². The van der Waals surface area contributed by atoms with Gasteiger partial charge in [0.25, 0.3) is 0 Å². The minimum atomic E-state index is -3.60. The van der Waals surface area contributed by atoms with Crippen LogP contribution in [0.5, 0.6) is 0 Å². The van der Waals surface area contributed by atoms with Gasteiger partial charge in [-0.15, -0.1) is 0 Å². The van der Waals surface area contributed by atoms with Crippen LogP contribution in [0.25, 0.3) is 0 Å². The Morgan fingerprint density at radius 1 is 1.25 bits per heavy atom. The Kier molecular flexibility index (Phi) is 5.02. The Morgan fingerprint density at radius 2 is 1.83 bits per heavy atom. The van der Waals surface area contributed by atoms with E-state index >= 15 is 0 Å². The summed E-state index contributed by atoms with van der Waals surface area (Å²) in [6, 6.07) is 5.22. The highest BCUT2D eigenvalue weighted by Crippen LogP contribution is 2.39. The molecule has 24 heavy (non-hydrogen) atoms. The summed E-state index contributed by atoms with van der Waals surface area (Å²) in [7, 11) is -0.669. The molecule has 1 aliphatic rings. The summed E-state index contributed by atoms with van der Waals surface area (Å²) < 4.78 is 25.9. The molecule has 0 aliphatic heterocycles. The molecule has 0 atom stereocenters. The molecule has 0 spiro atoms. The zero-order valence-corrected chi connectivity index (χ0v) is 15.3. The smallest absolute Gasteiger partial charge is 0.244 e. The van der Waals surface area contributed by atoms with Crippen molar-refractivity contribution in [2.24, 2.45) is 5.41 Å². The van der Waals surface area contributed by atoms with Crippen LogP contribution >= 0.6 is 0 Å². The van der Waals surface area contributed by atoms with Gasteiger partial charge < -0.3 is 5.32 Å². The predicted octanol–water partition coefficient (Wildman–Crippen LogP) is 2.58. The van der Waals surface area contributed by atoms with Gasteiger partial charge in [-0.3, -0.25) is 4.79 Å². The summed E-state index contributed by atoms with van der Waals surface area (Å²) in [5, 5.41) is 12.2. The monoisotopic (exact) mass is 349 g/mol. The maximum atomic E-state index is 12.6. The fourth-order valence-corrected chi connectivity index (χ4v) is 3.94. The third-order valence-corrected chi connectivity index (χ3v) is 6.57. The van der Waals surface area contributed by atoms with Gasteiger partial charge in [-0.2, -0.15) is 5.26 Å². The summed E-state index contributed by atoms with van der Waals surface area (Å²) in [4.78, 5) is 12.8. The van der Waals surface area contributed by atoms with Gasteiger partial charge in [0, 0.05) is 19.8 Å². The SMILES string of the molecule is Cc1cc(S(=O)(=O)N(C)C)cc(NC(=O)C2(C#N)CCCC2)c1C. The Morgan fingerprint density at radius 3 is 2.33 bits per heavy atom. The van der Waals surface area contributed by atoms with Crippen LogP contribution < -0.4 is 5.32 Å². The van der Waals surface area contributed by atoms with Crippen molar-refractivity contribution < 1.29 is 13.2 Å². The molecule has 1 amide bonds. The molecule has 0 unspecified atom stereocenters. The highest BCUT2D eigenvalue weighted by molar-refractivity contribution is 7.89. The number of aryl methyl sites for hydroxylation is 1. The number of carbonyl (C=O) groups excluding carboxylic acids is 1. The first kappa shape index (κ1) is 18.4. The fourth-order valence-electron chi connectivity index (χ4n) is 2.93. The molecule has 1 N–H and O–H groups in total. The lowest BCUT2D eigenvalue weighted by Gasteiger charge is -2.21. The number of amides is 1. The average molecular weight is 349 g/mol. The minimum absolute atomic E-state index is 0.128. The quantitative estimate of drug-likeness (QED) is 0.904. The Bertz CT molecular complexity index is 801. The van der Waals surface area contributed by atoms with E-state index in [1.807, 2.05) is 6.92 Å². The number of nitrogens with zero attached hydrogens (tertiary/aromatic N) is 2. The maximum Gasteiger partial charge on any atom is 0.244 e. The number of hydrogen-bond acceptors (Lipinski definition) is 4. The van der Waals surface area contributed by atoms with E-state index in [1.54, 1.807) is 13.0 Å². The first-order valence-corrected chi connectivity index (χ1v) is 9.34. The van der Waals surface area contributed by atoms with Crippen LogP contribution in [0, 0.1) is 30.6 Å². The van der Waals surface area contributed by atoms with Gasteiger partial charge >= 0.3 is 0 Å². The van der Waals surface area contributed by atoms with E-state index in [0.29, 0.717) is 18.5 Å². The molecule has 0 heterocycles. The van der Waals surface area contributed by atoms with Crippen LogP contribution in [0.4, 0.5) is 5.69 Å². The van der Waals surface area contributed by atoms with E-state index in [-0.39, 0.29) is 10.8 Å². The highest BCUT2D eigenvalue weighted by Gasteiger charge is 2.41.